The van der Waals surface area contributed by atoms with Crippen LogP contribution in [0.25, 0.3) is 83.9 Å². The largest absolute Gasteiger partial charge is 0.395 e. The normalized spacial score (nSPS) is 13.4. The van der Waals surface area contributed by atoms with E-state index in [9.17, 15) is 57.7 Å². The number of amides is 3. The number of piperazine rings is 3. The Balaban J connectivity index is 0.000000171. The molecule has 3 aliphatic rings. The van der Waals surface area contributed by atoms with E-state index >= 15 is 13.2 Å². The molecule has 3 amide bonds. The molecule has 0 unspecified atom stereocenters. The van der Waals surface area contributed by atoms with Crippen molar-refractivity contribution < 1.29 is 40.7 Å². The van der Waals surface area contributed by atoms with Crippen LogP contribution in [0.15, 0.2) is 107 Å². The van der Waals surface area contributed by atoms with Crippen molar-refractivity contribution in [2.24, 2.45) is 0 Å². The number of nitrogens with two attached hydrogens (primary N) is 3. The first kappa shape index (κ1) is 99.7. The Hall–Kier alpha value is -12.7. The Morgan fingerprint density at radius 1 is 0.378 bits per heavy atom. The standard InChI is InChI=1S/3C31H26Cl3F2N7O2/c3*1-5-19(44)41-8-10-42(11-9-41)29-16-12-18(32)27(20-21(33)25(38)24(36)22(34)23(20)35)40-30(16)43(31(45)17(29)13-37)28-15(4)6-7-39-26(28)14(2)3/h3*5-7,12,14H,1,8-11,38H2,2-4H3. The monoisotopic (exact) mass is 2010 g/mol. The first-order chi connectivity index (χ1) is 64.0. The van der Waals surface area contributed by atoms with Gasteiger partial charge in [-0.3, -0.25) is 57.4 Å². The molecule has 135 heavy (non-hydrogen) atoms. The van der Waals surface area contributed by atoms with E-state index in [2.05, 4.69) is 67.8 Å². The predicted octanol–water partition coefficient (Wildman–Crippen LogP) is 19.2. The lowest BCUT2D eigenvalue weighted by molar-refractivity contribution is -0.127. The smallest absolute Gasteiger partial charge is 0.276 e. The number of benzene rings is 3. The number of hydrogen-bond acceptors (Lipinski definition) is 21. The van der Waals surface area contributed by atoms with Crippen molar-refractivity contribution in [3.8, 4) is 69.0 Å². The molecule has 3 aromatic carbocycles. The average molecular weight is 2020 g/mol. The molecule has 42 heteroatoms. The third-order valence-corrected chi connectivity index (χ3v) is 26.2. The number of fused-ring (bicyclic) bond motifs is 3. The number of anilines is 6. The number of aromatic nitrogens is 9. The molecule has 696 valence electrons. The molecular formula is C93H78Cl9F6N21O6. The summed E-state index contributed by atoms with van der Waals surface area (Å²) in [5.74, 6) is -8.63. The number of halogens is 15. The molecule has 0 spiro atoms. The third-order valence-electron chi connectivity index (χ3n) is 23.2. The summed E-state index contributed by atoms with van der Waals surface area (Å²) in [5.41, 5.74) is 16.3. The number of pyridine rings is 9. The van der Waals surface area contributed by atoms with Crippen LogP contribution in [0.5, 0.6) is 0 Å². The SMILES string of the molecule is C=CC(=O)N1CCN(c2c(C#N)c(=O)n(-c3c(C)ccnc3C(C)C)c3nc(-c4c(F)c(Cl)c(F)c(N)c4Cl)c(Cl)cc23)CC1.C=CC(=O)N1CCN(c2c(C#N)c(=O)n(-c3c(C)ccnc3C(C)C)c3nc(-c4c(F)c(Cl)c(F)c(N)c4Cl)c(Cl)cc23)CC1.C=CC(=O)N1CCN(c2c(C#N)c(=O)n(-c3c(C)ccnc3C(C)C)c3nc(-c4c(F)c(Cl)c(F)c(N)c4Cl)c(Cl)cc23)CC1. The number of carbonyl (C=O) groups is 3. The van der Waals surface area contributed by atoms with Crippen LogP contribution in [0.4, 0.5) is 60.5 Å². The van der Waals surface area contributed by atoms with Gasteiger partial charge in [-0.05, 0) is 110 Å². The maximum atomic E-state index is 15.5. The second-order valence-electron chi connectivity index (χ2n) is 32.2. The highest BCUT2D eigenvalue weighted by Crippen LogP contribution is 2.50. The van der Waals surface area contributed by atoms with Gasteiger partial charge in [-0.2, -0.15) is 15.8 Å². The molecule has 3 saturated heterocycles. The van der Waals surface area contributed by atoms with Gasteiger partial charge in [0.25, 0.3) is 16.7 Å². The Labute approximate surface area is 812 Å². The molecule has 27 nitrogen and oxygen atoms in total. The zero-order valence-corrected chi connectivity index (χ0v) is 80.0. The zero-order valence-electron chi connectivity index (χ0n) is 73.2. The minimum atomic E-state index is -1.24. The molecule has 12 aromatic rings. The summed E-state index contributed by atoms with van der Waals surface area (Å²) in [5, 5.41) is 27.4. The molecule has 0 radical (unpaired) electrons. The highest BCUT2D eigenvalue weighted by Gasteiger charge is 2.38. The molecule has 9 aromatic heterocycles. The topological polar surface area (TPSA) is 363 Å². The number of hydrogen-bond donors (Lipinski definition) is 3. The van der Waals surface area contributed by atoms with Crippen LogP contribution >= 0.6 is 104 Å². The maximum Gasteiger partial charge on any atom is 0.276 e. The number of nitriles is 3. The number of nitrogen functional groups attached to an aromatic ring is 3. The Kier molecular flexibility index (Phi) is 29.6. The molecule has 12 heterocycles. The van der Waals surface area contributed by atoms with Crippen LogP contribution in [-0.2, 0) is 14.4 Å². The van der Waals surface area contributed by atoms with Gasteiger partial charge in [0.1, 0.15) is 66.9 Å². The molecule has 6 N–H and O–H groups in total. The molecule has 3 aliphatic heterocycles. The van der Waals surface area contributed by atoms with Gasteiger partial charge >= 0.3 is 0 Å². The second kappa shape index (κ2) is 40.1. The second-order valence-corrected chi connectivity index (χ2v) is 35.7. The van der Waals surface area contributed by atoms with E-state index in [4.69, 9.17) is 122 Å². The summed E-state index contributed by atoms with van der Waals surface area (Å²) in [6, 6.07) is 15.6. The molecule has 0 aliphatic carbocycles. The van der Waals surface area contributed by atoms with E-state index in [-0.39, 0.29) is 158 Å². The number of rotatable bonds is 15. The molecule has 3 fully saturated rings. The highest BCUT2D eigenvalue weighted by molar-refractivity contribution is 6.42. The number of carbonyl (C=O) groups excluding carboxylic acids is 3. The highest BCUT2D eigenvalue weighted by atomic mass is 35.5. The van der Waals surface area contributed by atoms with Crippen molar-refractivity contribution in [1.29, 1.82) is 15.8 Å². The molecule has 15 rings (SSSR count). The Morgan fingerprint density at radius 3 is 0.800 bits per heavy atom. The summed E-state index contributed by atoms with van der Waals surface area (Å²) < 4.78 is 93.9. The number of nitrogens with zero attached hydrogens (tertiary/aromatic N) is 18. The van der Waals surface area contributed by atoms with Gasteiger partial charge in [0, 0.05) is 113 Å². The summed E-state index contributed by atoms with van der Waals surface area (Å²) in [6.07, 6.45) is 8.50. The van der Waals surface area contributed by atoms with Crippen LogP contribution in [0.1, 0.15) is 110 Å². The van der Waals surface area contributed by atoms with Crippen LogP contribution < -0.4 is 48.6 Å². The summed E-state index contributed by atoms with van der Waals surface area (Å²) in [6.45, 7) is 30.8. The third kappa shape index (κ3) is 17.8. The Bertz CT molecular complexity index is 6650. The Morgan fingerprint density at radius 2 is 0.600 bits per heavy atom. The van der Waals surface area contributed by atoms with Crippen LogP contribution in [0, 0.1) is 89.7 Å². The minimum absolute atomic E-state index is 0.00508. The minimum Gasteiger partial charge on any atom is -0.395 e. The molecular weight excluding hydrogens is 1940 g/mol. The van der Waals surface area contributed by atoms with Crippen molar-refractivity contribution in [1.82, 2.24) is 58.3 Å². The van der Waals surface area contributed by atoms with E-state index in [0.29, 0.717) is 106 Å². The van der Waals surface area contributed by atoms with Crippen molar-refractivity contribution in [3.05, 3.63) is 255 Å². The van der Waals surface area contributed by atoms with Gasteiger partial charge in [-0.1, -0.05) is 166 Å². The lowest BCUT2D eigenvalue weighted by Gasteiger charge is -2.36. The predicted molar refractivity (Wildman–Crippen MR) is 517 cm³/mol. The molecule has 0 bridgehead atoms. The van der Waals surface area contributed by atoms with Crippen molar-refractivity contribution >= 4 is 189 Å². The first-order valence-electron chi connectivity index (χ1n) is 41.3. The van der Waals surface area contributed by atoms with E-state index in [1.807, 2.05) is 41.5 Å². The van der Waals surface area contributed by atoms with Gasteiger partial charge in [0.2, 0.25) is 17.7 Å². The average Bonchev–Trinajstić information content (AvgIpc) is 0.728. The van der Waals surface area contributed by atoms with Crippen molar-refractivity contribution in [2.75, 3.05) is 110 Å². The molecule has 0 atom stereocenters. The lowest BCUT2D eigenvalue weighted by Crippen LogP contribution is -2.49. The van der Waals surface area contributed by atoms with Crippen molar-refractivity contribution in [2.45, 2.75) is 80.1 Å². The van der Waals surface area contributed by atoms with E-state index < -0.39 is 115 Å². The zero-order chi connectivity index (χ0) is 98.7. The number of aryl methyl sites for hydroxylation is 3. The van der Waals surface area contributed by atoms with Gasteiger partial charge < -0.3 is 46.6 Å². The fourth-order valence-corrected chi connectivity index (χ4v) is 18.6. The van der Waals surface area contributed by atoms with E-state index in [1.165, 1.54) is 50.1 Å². The lowest BCUT2D eigenvalue weighted by atomic mass is 10.0. The maximum absolute atomic E-state index is 15.5. The van der Waals surface area contributed by atoms with E-state index in [0.717, 1.165) is 0 Å². The van der Waals surface area contributed by atoms with Gasteiger partial charge in [-0.15, -0.1) is 0 Å². The van der Waals surface area contributed by atoms with E-state index in [1.54, 1.807) is 87.0 Å². The molecule has 0 saturated carbocycles. The summed E-state index contributed by atoms with van der Waals surface area (Å²) in [4.78, 5) is 118. The van der Waals surface area contributed by atoms with Gasteiger partial charge in [0.05, 0.1) is 132 Å². The fraction of sp³-hybridized carbons (Fsp3) is 0.258. The van der Waals surface area contributed by atoms with Crippen LogP contribution in [0.3, 0.4) is 0 Å². The van der Waals surface area contributed by atoms with Crippen LogP contribution in [-0.4, -0.2) is 155 Å². The summed E-state index contributed by atoms with van der Waals surface area (Å²) in [7, 11) is 0. The fourth-order valence-electron chi connectivity index (χ4n) is 16.5. The quantitative estimate of drug-likeness (QED) is 0.0282. The summed E-state index contributed by atoms with van der Waals surface area (Å²) >= 11 is 57.0. The van der Waals surface area contributed by atoms with Crippen LogP contribution in [0.2, 0.25) is 45.2 Å². The first-order valence-corrected chi connectivity index (χ1v) is 44.7. The van der Waals surface area contributed by atoms with Gasteiger partial charge in [0.15, 0.2) is 34.9 Å². The van der Waals surface area contributed by atoms with Gasteiger partial charge in [-0.25, -0.2) is 41.3 Å². The van der Waals surface area contributed by atoms with Crippen molar-refractivity contribution in [3.63, 3.8) is 0 Å².